The molecular formula is C25H24N2O3. The van der Waals surface area contributed by atoms with E-state index >= 15 is 0 Å². The molecule has 3 aromatic rings. The minimum atomic E-state index is -0.522. The van der Waals surface area contributed by atoms with Gasteiger partial charge in [-0.25, -0.2) is 0 Å². The van der Waals surface area contributed by atoms with E-state index < -0.39 is 16.8 Å². The topological polar surface area (TPSA) is 62.5 Å². The fourth-order valence-electron chi connectivity index (χ4n) is 4.00. The van der Waals surface area contributed by atoms with Crippen LogP contribution < -0.4 is 10.5 Å². The zero-order valence-corrected chi connectivity index (χ0v) is 17.5. The second-order valence-corrected chi connectivity index (χ2v) is 8.26. The van der Waals surface area contributed by atoms with E-state index in [9.17, 15) is 14.7 Å². The Morgan fingerprint density at radius 2 is 1.73 bits per heavy atom. The number of nitrogens with zero attached hydrogens (tertiary/aromatic N) is 2. The highest BCUT2D eigenvalue weighted by Gasteiger charge is 2.38. The van der Waals surface area contributed by atoms with Crippen LogP contribution in [0, 0.1) is 0 Å². The quantitative estimate of drug-likeness (QED) is 0.528. The highest BCUT2D eigenvalue weighted by molar-refractivity contribution is 6.08. The van der Waals surface area contributed by atoms with Crippen molar-refractivity contribution in [1.29, 1.82) is 0 Å². The summed E-state index contributed by atoms with van der Waals surface area (Å²) in [5, 5.41) is 10.6. The zero-order valence-electron chi connectivity index (χ0n) is 17.5. The summed E-state index contributed by atoms with van der Waals surface area (Å²) in [5.41, 5.74) is 3.13. The maximum atomic E-state index is 13.2. The number of hydrogen-bond acceptors (Lipinski definition) is 4. The van der Waals surface area contributed by atoms with Crippen molar-refractivity contribution in [2.75, 3.05) is 19.0 Å². The SMILES string of the molecule is CN(C)c1ccc(/C=C/C(=O)c2c(O)cc3n(c2=O)-c2ccccc2C3(C)C)cc1. The number of anilines is 1. The molecule has 4 rings (SSSR count). The summed E-state index contributed by atoms with van der Waals surface area (Å²) in [7, 11) is 3.91. The van der Waals surface area contributed by atoms with Gasteiger partial charge in [0.05, 0.1) is 5.69 Å². The molecule has 5 heteroatoms. The highest BCUT2D eigenvalue weighted by Crippen LogP contribution is 2.42. The number of aromatic nitrogens is 1. The highest BCUT2D eigenvalue weighted by atomic mass is 16.3. The molecule has 1 aliphatic heterocycles. The number of ketones is 1. The smallest absolute Gasteiger partial charge is 0.270 e. The van der Waals surface area contributed by atoms with Gasteiger partial charge in [0.2, 0.25) is 0 Å². The number of fused-ring (bicyclic) bond motifs is 3. The van der Waals surface area contributed by atoms with Crippen LogP contribution in [0.25, 0.3) is 11.8 Å². The summed E-state index contributed by atoms with van der Waals surface area (Å²) < 4.78 is 1.54. The van der Waals surface area contributed by atoms with Crippen LogP contribution in [0.3, 0.4) is 0 Å². The summed E-state index contributed by atoms with van der Waals surface area (Å²) in [4.78, 5) is 28.1. The number of benzene rings is 2. The van der Waals surface area contributed by atoms with E-state index in [0.717, 1.165) is 22.5 Å². The maximum Gasteiger partial charge on any atom is 0.270 e. The Morgan fingerprint density at radius 1 is 1.07 bits per heavy atom. The van der Waals surface area contributed by atoms with Crippen LogP contribution in [-0.4, -0.2) is 29.6 Å². The largest absolute Gasteiger partial charge is 0.507 e. The van der Waals surface area contributed by atoms with Crippen molar-refractivity contribution in [2.24, 2.45) is 0 Å². The van der Waals surface area contributed by atoms with Crippen LogP contribution >= 0.6 is 0 Å². The molecule has 2 heterocycles. The average Bonchev–Trinajstić information content (AvgIpc) is 2.94. The fraction of sp³-hybridized carbons (Fsp3) is 0.200. The molecule has 0 fully saturated rings. The van der Waals surface area contributed by atoms with Crippen LogP contribution in [-0.2, 0) is 5.41 Å². The summed E-state index contributed by atoms with van der Waals surface area (Å²) in [5.74, 6) is -0.809. The molecule has 0 saturated carbocycles. The number of allylic oxidation sites excluding steroid dienone is 1. The number of carbonyl (C=O) groups is 1. The molecule has 1 aromatic heterocycles. The number of pyridine rings is 1. The Labute approximate surface area is 175 Å². The second kappa shape index (κ2) is 7.02. The van der Waals surface area contributed by atoms with Crippen LogP contribution in [0.2, 0.25) is 0 Å². The maximum absolute atomic E-state index is 13.2. The zero-order chi connectivity index (χ0) is 21.6. The molecule has 0 spiro atoms. The number of aromatic hydroxyl groups is 1. The van der Waals surface area contributed by atoms with Crippen molar-refractivity contribution < 1.29 is 9.90 Å². The summed E-state index contributed by atoms with van der Waals surface area (Å²) in [6, 6.07) is 16.8. The van der Waals surface area contributed by atoms with Gasteiger partial charge in [-0.05, 0) is 35.4 Å². The third-order valence-electron chi connectivity index (χ3n) is 5.73. The first-order chi connectivity index (χ1) is 14.2. The molecule has 0 saturated heterocycles. The van der Waals surface area contributed by atoms with Gasteiger partial charge in [-0.3, -0.25) is 14.2 Å². The van der Waals surface area contributed by atoms with Gasteiger partial charge in [0.15, 0.2) is 5.78 Å². The van der Waals surface area contributed by atoms with Gasteiger partial charge in [0, 0.05) is 37.0 Å². The molecule has 1 aliphatic rings. The lowest BCUT2D eigenvalue weighted by atomic mass is 9.83. The number of hydrogen-bond donors (Lipinski definition) is 1. The van der Waals surface area contributed by atoms with Crippen LogP contribution in [0.5, 0.6) is 5.75 Å². The van der Waals surface area contributed by atoms with E-state index in [1.807, 2.05) is 81.4 Å². The van der Waals surface area contributed by atoms with E-state index in [-0.39, 0.29) is 11.3 Å². The number of para-hydroxylation sites is 1. The molecule has 0 amide bonds. The molecule has 0 radical (unpaired) electrons. The van der Waals surface area contributed by atoms with Crippen molar-refractivity contribution in [3.63, 3.8) is 0 Å². The van der Waals surface area contributed by atoms with Gasteiger partial charge in [0.1, 0.15) is 11.3 Å². The number of rotatable bonds is 4. The normalized spacial score (nSPS) is 13.9. The Kier molecular flexibility index (Phi) is 4.61. The van der Waals surface area contributed by atoms with Gasteiger partial charge in [0.25, 0.3) is 5.56 Å². The minimum Gasteiger partial charge on any atom is -0.507 e. The molecule has 0 unspecified atom stereocenters. The molecule has 5 nitrogen and oxygen atoms in total. The van der Waals surface area contributed by atoms with Gasteiger partial charge in [-0.15, -0.1) is 0 Å². The molecule has 0 aliphatic carbocycles. The first-order valence-corrected chi connectivity index (χ1v) is 9.81. The minimum absolute atomic E-state index is 0.215. The Morgan fingerprint density at radius 3 is 2.40 bits per heavy atom. The Bertz CT molecular complexity index is 1230. The molecule has 1 N–H and O–H groups in total. The van der Waals surface area contributed by atoms with E-state index in [1.165, 1.54) is 12.1 Å². The molecular weight excluding hydrogens is 376 g/mol. The third-order valence-corrected chi connectivity index (χ3v) is 5.73. The van der Waals surface area contributed by atoms with E-state index in [4.69, 9.17) is 0 Å². The lowest BCUT2D eigenvalue weighted by Crippen LogP contribution is -2.27. The van der Waals surface area contributed by atoms with Gasteiger partial charge >= 0.3 is 0 Å². The first-order valence-electron chi connectivity index (χ1n) is 9.81. The molecule has 0 bridgehead atoms. The lowest BCUT2D eigenvalue weighted by molar-refractivity contribution is 0.104. The predicted octanol–water partition coefficient (Wildman–Crippen LogP) is 4.14. The van der Waals surface area contributed by atoms with Crippen molar-refractivity contribution in [3.05, 3.63) is 93.4 Å². The van der Waals surface area contributed by atoms with E-state index in [1.54, 1.807) is 10.6 Å². The van der Waals surface area contributed by atoms with Crippen LogP contribution in [0.4, 0.5) is 5.69 Å². The van der Waals surface area contributed by atoms with Crippen LogP contribution in [0.1, 0.15) is 41.0 Å². The molecule has 0 atom stereocenters. The average molecular weight is 400 g/mol. The Balaban J connectivity index is 1.75. The van der Waals surface area contributed by atoms with Gasteiger partial charge in [-0.1, -0.05) is 50.3 Å². The van der Waals surface area contributed by atoms with Gasteiger partial charge in [-0.2, -0.15) is 0 Å². The third kappa shape index (κ3) is 3.03. The van der Waals surface area contributed by atoms with Crippen molar-refractivity contribution >= 4 is 17.5 Å². The van der Waals surface area contributed by atoms with E-state index in [2.05, 4.69) is 0 Å². The van der Waals surface area contributed by atoms with Gasteiger partial charge < -0.3 is 10.0 Å². The second-order valence-electron chi connectivity index (χ2n) is 8.26. The van der Waals surface area contributed by atoms with Crippen LogP contribution in [0.15, 0.2) is 65.5 Å². The van der Waals surface area contributed by atoms with Crippen molar-refractivity contribution in [2.45, 2.75) is 19.3 Å². The lowest BCUT2D eigenvalue weighted by Gasteiger charge is -2.20. The van der Waals surface area contributed by atoms with Crippen molar-refractivity contribution in [3.8, 4) is 11.4 Å². The fourth-order valence-corrected chi connectivity index (χ4v) is 4.00. The first kappa shape index (κ1) is 19.7. The number of carbonyl (C=O) groups excluding carboxylic acids is 1. The molecule has 2 aromatic carbocycles. The monoisotopic (exact) mass is 400 g/mol. The summed E-state index contributed by atoms with van der Waals surface area (Å²) in [6.07, 6.45) is 2.98. The van der Waals surface area contributed by atoms with Crippen molar-refractivity contribution in [1.82, 2.24) is 4.57 Å². The summed E-state index contributed by atoms with van der Waals surface area (Å²) in [6.45, 7) is 4.00. The molecule has 152 valence electrons. The summed E-state index contributed by atoms with van der Waals surface area (Å²) >= 11 is 0. The Hall–Kier alpha value is -3.60. The predicted molar refractivity (Wildman–Crippen MR) is 120 cm³/mol. The molecule has 30 heavy (non-hydrogen) atoms. The standard InChI is InChI=1S/C25H24N2O3/c1-25(2)18-7-5-6-8-19(18)27-22(25)15-21(29)23(24(27)30)20(28)14-11-16-9-12-17(13-10-16)26(3)4/h5-15,29H,1-4H3/b14-11+. The van der Waals surface area contributed by atoms with E-state index in [0.29, 0.717) is 5.69 Å².